The quantitative estimate of drug-likeness (QED) is 0.0687. The Kier molecular flexibility index (Phi) is 33.7. The van der Waals surface area contributed by atoms with Crippen molar-refractivity contribution < 1.29 is 8.78 Å². The summed E-state index contributed by atoms with van der Waals surface area (Å²) in [4.78, 5) is 0. The van der Waals surface area contributed by atoms with Gasteiger partial charge in [-0.25, -0.2) is 8.78 Å². The largest absolute Gasteiger partial charge is 0.207 e. The van der Waals surface area contributed by atoms with Gasteiger partial charge in [-0.1, -0.05) is 245 Å². The van der Waals surface area contributed by atoms with Crippen LogP contribution in [0, 0.1) is 54.1 Å². The second-order valence-corrected chi connectivity index (χ2v) is 24.1. The third kappa shape index (κ3) is 34.1. The summed E-state index contributed by atoms with van der Waals surface area (Å²) in [5, 5.41) is 0. The summed E-state index contributed by atoms with van der Waals surface area (Å²) in [7, 11) is 0. The second-order valence-electron chi connectivity index (χ2n) is 24.1. The number of benzene rings is 5. The molecule has 2 heteroatoms. The molecule has 0 fully saturated rings. The molecule has 5 rings (SSSR count). The molecule has 0 bridgehead atoms. The molecule has 0 nitrogen and oxygen atoms in total. The van der Waals surface area contributed by atoms with E-state index in [1.807, 2.05) is 24.3 Å². The van der Waals surface area contributed by atoms with E-state index in [4.69, 9.17) is 0 Å². The zero-order valence-corrected chi connectivity index (χ0v) is 48.7. The van der Waals surface area contributed by atoms with Crippen molar-refractivity contribution in [2.45, 2.75) is 219 Å². The maximum Gasteiger partial charge on any atom is 0.126 e. The molecule has 0 saturated heterocycles. The predicted molar refractivity (Wildman–Crippen MR) is 313 cm³/mol. The number of hydrogen-bond acceptors (Lipinski definition) is 0. The summed E-state index contributed by atoms with van der Waals surface area (Å²) in [5.41, 5.74) is 11.1. The van der Waals surface area contributed by atoms with Crippen LogP contribution in [0.2, 0.25) is 0 Å². The van der Waals surface area contributed by atoms with Crippen LogP contribution in [0.1, 0.15) is 219 Å². The van der Waals surface area contributed by atoms with E-state index in [1.165, 1.54) is 128 Å². The molecular weight excluding hydrogens is 867 g/mol. The Labute approximate surface area is 438 Å². The summed E-state index contributed by atoms with van der Waals surface area (Å²) >= 11 is 0. The zero-order chi connectivity index (χ0) is 53.4. The second kappa shape index (κ2) is 36.8. The zero-order valence-electron chi connectivity index (χ0n) is 48.7. The molecule has 0 aliphatic rings. The van der Waals surface area contributed by atoms with Crippen LogP contribution < -0.4 is 0 Å². The van der Waals surface area contributed by atoms with Gasteiger partial charge in [0.15, 0.2) is 0 Å². The summed E-state index contributed by atoms with van der Waals surface area (Å²) < 4.78 is 25.7. The van der Waals surface area contributed by atoms with Crippen molar-refractivity contribution in [3.05, 3.63) is 177 Å². The van der Waals surface area contributed by atoms with Crippen LogP contribution in [-0.2, 0) is 37.5 Å². The summed E-state index contributed by atoms with van der Waals surface area (Å²) in [6, 6.07) is 41.0. The van der Waals surface area contributed by atoms with Crippen LogP contribution >= 0.6 is 0 Å². The van der Waals surface area contributed by atoms with Gasteiger partial charge in [0.2, 0.25) is 0 Å². The fraction of sp³-hybridized carbons (Fsp3) is 0.565. The van der Waals surface area contributed by atoms with Crippen LogP contribution in [0.4, 0.5) is 8.78 Å². The Bertz CT molecular complexity index is 2020. The van der Waals surface area contributed by atoms with Crippen molar-refractivity contribution in [3.63, 3.8) is 0 Å². The molecule has 0 saturated carbocycles. The van der Waals surface area contributed by atoms with Crippen LogP contribution in [0.5, 0.6) is 0 Å². The Balaban J connectivity index is 0.000000445. The van der Waals surface area contributed by atoms with Gasteiger partial charge < -0.3 is 0 Å². The van der Waals surface area contributed by atoms with E-state index in [9.17, 15) is 8.78 Å². The lowest BCUT2D eigenvalue weighted by molar-refractivity contribution is 0.437. The van der Waals surface area contributed by atoms with Crippen molar-refractivity contribution in [2.24, 2.45) is 35.5 Å². The van der Waals surface area contributed by atoms with Gasteiger partial charge >= 0.3 is 0 Å². The maximum atomic E-state index is 13.1. The molecule has 0 aromatic heterocycles. The SMILES string of the molecule is CC(C)CC(C)Cc1ccc(C(C)C)cc1.CC(C)CCCc1ccc(C(C)(C)C)cc1.CC(C)CCCc1ccc(F)cc1.CC(C)CCCc1ccccc1F.Cc1cccc(CCCC(C)C)c1. The third-order valence-electron chi connectivity index (χ3n) is 12.8. The van der Waals surface area contributed by atoms with E-state index in [0.717, 1.165) is 54.4 Å². The molecule has 0 amide bonds. The van der Waals surface area contributed by atoms with Gasteiger partial charge in [0.05, 0.1) is 0 Å². The summed E-state index contributed by atoms with van der Waals surface area (Å²) in [6.45, 7) is 38.4. The first-order chi connectivity index (χ1) is 33.4. The van der Waals surface area contributed by atoms with E-state index in [0.29, 0.717) is 11.8 Å². The van der Waals surface area contributed by atoms with E-state index in [-0.39, 0.29) is 17.0 Å². The molecule has 0 aliphatic carbocycles. The van der Waals surface area contributed by atoms with Gasteiger partial charge in [-0.3, -0.25) is 0 Å². The molecule has 1 atom stereocenters. The molecule has 0 spiro atoms. The van der Waals surface area contributed by atoms with E-state index < -0.39 is 0 Å². The van der Waals surface area contributed by atoms with E-state index in [2.05, 4.69) is 190 Å². The van der Waals surface area contributed by atoms with Crippen molar-refractivity contribution in [1.29, 1.82) is 0 Å². The highest BCUT2D eigenvalue weighted by molar-refractivity contribution is 5.28. The average Bonchev–Trinajstić information content (AvgIpc) is 3.28. The topological polar surface area (TPSA) is 0 Å². The minimum Gasteiger partial charge on any atom is -0.207 e. The lowest BCUT2D eigenvalue weighted by Crippen LogP contribution is -2.10. The molecule has 0 N–H and O–H groups in total. The molecule has 5 aromatic carbocycles. The number of hydrogen-bond donors (Lipinski definition) is 0. The highest BCUT2D eigenvalue weighted by Gasteiger charge is 2.13. The van der Waals surface area contributed by atoms with Gasteiger partial charge in [-0.15, -0.1) is 0 Å². The normalized spacial score (nSPS) is 11.7. The van der Waals surface area contributed by atoms with Gasteiger partial charge in [0, 0.05) is 0 Å². The number of halogens is 2. The molecule has 71 heavy (non-hydrogen) atoms. The van der Waals surface area contributed by atoms with Crippen molar-refractivity contribution in [2.75, 3.05) is 0 Å². The van der Waals surface area contributed by atoms with E-state index in [1.54, 1.807) is 6.07 Å². The standard InChI is InChI=1S/2C16H26.C13H20.2C12H17F/c1-12(2)10-14(5)11-15-6-8-16(9-7-15)13(3)4;1-13(2)7-6-8-14-9-11-15(12-10-14)16(3,4)5;1-11(2)6-4-8-13-9-5-7-12(3)10-13;1-10(2)6-5-8-11-7-3-4-9-12(11)13;1-10(2)4-3-5-11-6-8-12(13)9-7-11/h6-9,12-14H,10-11H2,1-5H3;9-13H,6-8H2,1-5H3;5,7,9-11H,4,6,8H2,1-3H3;3-4,7,9-10H,5-6,8H2,1-2H3;6-10H,3-5H2,1-2H3. The molecule has 0 radical (unpaired) electrons. The maximum absolute atomic E-state index is 13.1. The summed E-state index contributed by atoms with van der Waals surface area (Å²) in [5.74, 6) is 5.18. The Morgan fingerprint density at radius 1 is 0.423 bits per heavy atom. The first-order valence-electron chi connectivity index (χ1n) is 28.2. The highest BCUT2D eigenvalue weighted by atomic mass is 19.1. The Morgan fingerprint density at radius 2 is 0.859 bits per heavy atom. The fourth-order valence-electron chi connectivity index (χ4n) is 8.56. The predicted octanol–water partition coefficient (Wildman–Crippen LogP) is 21.6. The lowest BCUT2D eigenvalue weighted by atomic mass is 9.86. The van der Waals surface area contributed by atoms with Gasteiger partial charge in [-0.2, -0.15) is 0 Å². The Hall–Kier alpha value is -4.04. The average molecular weight is 974 g/mol. The molecular formula is C69H106F2. The monoisotopic (exact) mass is 973 g/mol. The van der Waals surface area contributed by atoms with Crippen LogP contribution in [0.15, 0.2) is 121 Å². The molecule has 0 heterocycles. The number of rotatable bonds is 21. The van der Waals surface area contributed by atoms with Crippen LogP contribution in [0.25, 0.3) is 0 Å². The van der Waals surface area contributed by atoms with Crippen LogP contribution in [0.3, 0.4) is 0 Å². The number of aryl methyl sites for hydroxylation is 5. The van der Waals surface area contributed by atoms with Gasteiger partial charge in [0.1, 0.15) is 11.6 Å². The Morgan fingerprint density at radius 3 is 1.28 bits per heavy atom. The first-order valence-corrected chi connectivity index (χ1v) is 28.2. The third-order valence-corrected chi connectivity index (χ3v) is 12.8. The smallest absolute Gasteiger partial charge is 0.126 e. The molecule has 5 aromatic rings. The van der Waals surface area contributed by atoms with Crippen molar-refractivity contribution >= 4 is 0 Å². The van der Waals surface area contributed by atoms with Gasteiger partial charge in [-0.05, 0) is 175 Å². The van der Waals surface area contributed by atoms with Gasteiger partial charge in [0.25, 0.3) is 0 Å². The van der Waals surface area contributed by atoms with Crippen molar-refractivity contribution in [3.8, 4) is 0 Å². The van der Waals surface area contributed by atoms with Crippen LogP contribution in [-0.4, -0.2) is 0 Å². The minimum absolute atomic E-state index is 0.0637. The van der Waals surface area contributed by atoms with E-state index >= 15 is 0 Å². The minimum atomic E-state index is -0.146. The molecule has 1 unspecified atom stereocenters. The molecule has 0 aliphatic heterocycles. The first kappa shape index (κ1) is 65.0. The fourth-order valence-corrected chi connectivity index (χ4v) is 8.56. The van der Waals surface area contributed by atoms with Crippen molar-refractivity contribution in [1.82, 2.24) is 0 Å². The highest BCUT2D eigenvalue weighted by Crippen LogP contribution is 2.23. The lowest BCUT2D eigenvalue weighted by Gasteiger charge is -2.19. The molecule has 396 valence electrons. The summed E-state index contributed by atoms with van der Waals surface area (Å²) in [6.07, 6.45) is 16.9.